The van der Waals surface area contributed by atoms with E-state index in [0.29, 0.717) is 6.61 Å². The van der Waals surface area contributed by atoms with E-state index in [1.54, 1.807) is 20.3 Å². The molecule has 136 valence electrons. The van der Waals surface area contributed by atoms with Crippen molar-refractivity contribution in [2.75, 3.05) is 20.8 Å². The van der Waals surface area contributed by atoms with E-state index in [9.17, 15) is 4.79 Å². The van der Waals surface area contributed by atoms with Gasteiger partial charge in [0.25, 0.3) is 0 Å². The number of methoxy groups -OCH3 is 2. The Morgan fingerprint density at radius 3 is 1.96 bits per heavy atom. The molecule has 4 nitrogen and oxygen atoms in total. The molecular weight excluding hydrogens is 308 g/mol. The van der Waals surface area contributed by atoms with E-state index in [1.165, 1.54) is 57.1 Å². The minimum Gasteiger partial charge on any atom is -0.463 e. The lowest BCUT2D eigenvalue weighted by molar-refractivity contribution is -0.137. The Bertz CT molecular complexity index is 291. The number of rotatable bonds is 16. The third-order valence-corrected chi connectivity index (χ3v) is 5.95. The Hall–Kier alpha value is -0.653. The zero-order valence-electron chi connectivity index (χ0n) is 15.4. The number of carbonyl (C=O) groups excluding carboxylic acids is 1. The number of allylic oxidation sites excluding steroid dienone is 1. The monoisotopic (exact) mass is 344 g/mol. The van der Waals surface area contributed by atoms with Crippen LogP contribution in [0.25, 0.3) is 0 Å². The molecular formula is C18H36O4Si. The van der Waals surface area contributed by atoms with Crippen molar-refractivity contribution in [1.29, 1.82) is 0 Å². The van der Waals surface area contributed by atoms with Gasteiger partial charge in [-0.2, -0.15) is 0 Å². The molecule has 0 unspecified atom stereocenters. The second kappa shape index (κ2) is 17.7. The summed E-state index contributed by atoms with van der Waals surface area (Å²) in [5, 5.41) is 0. The molecule has 0 bridgehead atoms. The molecule has 0 amide bonds. The molecule has 0 aromatic heterocycles. The Morgan fingerprint density at radius 1 is 0.913 bits per heavy atom. The van der Waals surface area contributed by atoms with Gasteiger partial charge in [0.2, 0.25) is 0 Å². The molecule has 0 radical (unpaired) electrons. The molecule has 0 aromatic rings. The van der Waals surface area contributed by atoms with Gasteiger partial charge < -0.3 is 14.2 Å². The summed E-state index contributed by atoms with van der Waals surface area (Å²) in [4.78, 5) is 11.1. The van der Waals surface area contributed by atoms with E-state index in [0.717, 1.165) is 12.8 Å². The molecule has 0 N–H and O–H groups in total. The van der Waals surface area contributed by atoms with Crippen LogP contribution < -0.4 is 0 Å². The average Bonchev–Trinajstić information content (AvgIpc) is 2.55. The van der Waals surface area contributed by atoms with Crippen molar-refractivity contribution < 1.29 is 19.0 Å². The maximum atomic E-state index is 11.1. The quantitative estimate of drug-likeness (QED) is 0.140. The smallest absolute Gasteiger partial charge is 0.330 e. The average molecular weight is 345 g/mol. The third kappa shape index (κ3) is 16.0. The lowest BCUT2D eigenvalue weighted by Gasteiger charge is -2.12. The highest BCUT2D eigenvalue weighted by atomic mass is 28.2. The fourth-order valence-electron chi connectivity index (χ4n) is 2.52. The van der Waals surface area contributed by atoms with E-state index >= 15 is 0 Å². The van der Waals surface area contributed by atoms with Crippen LogP contribution in [0.5, 0.6) is 0 Å². The zero-order valence-corrected chi connectivity index (χ0v) is 16.8. The maximum absolute atomic E-state index is 11.1. The van der Waals surface area contributed by atoms with Crippen molar-refractivity contribution in [1.82, 2.24) is 0 Å². The summed E-state index contributed by atoms with van der Waals surface area (Å²) >= 11 is 0. The molecule has 0 aliphatic heterocycles. The van der Waals surface area contributed by atoms with Crippen LogP contribution in [-0.4, -0.2) is 42.2 Å². The van der Waals surface area contributed by atoms with E-state index in [4.69, 9.17) is 14.2 Å². The predicted octanol–water partition coefficient (Wildman–Crippen LogP) is 3.78. The summed E-state index contributed by atoms with van der Waals surface area (Å²) in [5.74, 6) is -0.120. The molecule has 0 spiro atoms. The minimum atomic E-state index is -0.225. The number of esters is 1. The number of ether oxygens (including phenoxy) is 3. The van der Waals surface area contributed by atoms with Crippen LogP contribution in [0.4, 0.5) is 0 Å². The summed E-state index contributed by atoms with van der Waals surface area (Å²) in [6.07, 6.45) is 14.5. The standard InChI is InChI=1S/C18H36O4Si/c1-4-14-17(19)22-15-12-10-8-6-5-7-9-11-13-16-23-18(20-2)21-3/h4,14,18H,5-13,15-16,23H2,1-3H3. The summed E-state index contributed by atoms with van der Waals surface area (Å²) in [7, 11) is 3.23. The Labute approximate surface area is 144 Å². The molecule has 0 aliphatic rings. The molecule has 0 atom stereocenters. The first kappa shape index (κ1) is 22.3. The Morgan fingerprint density at radius 2 is 1.43 bits per heavy atom. The summed E-state index contributed by atoms with van der Waals surface area (Å²) in [6, 6.07) is 1.32. The number of hydrogen-bond acceptors (Lipinski definition) is 4. The SMILES string of the molecule is CC=CC(=O)OCCCCCCCCCCC[SiH2]C(OC)OC. The lowest BCUT2D eigenvalue weighted by atomic mass is 10.1. The Balaban J connectivity index is 3.15. The summed E-state index contributed by atoms with van der Waals surface area (Å²) in [5.41, 5.74) is 0. The van der Waals surface area contributed by atoms with Gasteiger partial charge in [-0.1, -0.05) is 63.5 Å². The molecule has 0 aromatic carbocycles. The van der Waals surface area contributed by atoms with Gasteiger partial charge in [0, 0.05) is 20.3 Å². The highest BCUT2D eigenvalue weighted by Gasteiger charge is 2.04. The van der Waals surface area contributed by atoms with Gasteiger partial charge in [0.15, 0.2) is 0 Å². The summed E-state index contributed by atoms with van der Waals surface area (Å²) in [6.45, 7) is 2.37. The molecule has 0 saturated carbocycles. The van der Waals surface area contributed by atoms with Gasteiger partial charge in [-0.25, -0.2) is 4.79 Å². The van der Waals surface area contributed by atoms with E-state index in [1.807, 2.05) is 6.92 Å². The van der Waals surface area contributed by atoms with Crippen LogP contribution in [0.3, 0.4) is 0 Å². The fourth-order valence-corrected chi connectivity index (χ4v) is 3.96. The van der Waals surface area contributed by atoms with Crippen LogP contribution in [0.1, 0.15) is 64.7 Å². The molecule has 0 fully saturated rings. The first-order valence-corrected chi connectivity index (χ1v) is 10.9. The molecule has 0 rings (SSSR count). The van der Waals surface area contributed by atoms with Crippen LogP contribution in [0.2, 0.25) is 6.04 Å². The van der Waals surface area contributed by atoms with E-state index < -0.39 is 0 Å². The van der Waals surface area contributed by atoms with Gasteiger partial charge in [-0.15, -0.1) is 0 Å². The second-order valence-corrected chi connectivity index (χ2v) is 7.84. The third-order valence-electron chi connectivity index (χ3n) is 3.91. The lowest BCUT2D eigenvalue weighted by Crippen LogP contribution is -2.20. The minimum absolute atomic E-state index is 0.104. The molecule has 0 heterocycles. The second-order valence-electron chi connectivity index (χ2n) is 5.89. The molecule has 5 heteroatoms. The van der Waals surface area contributed by atoms with Crippen molar-refractivity contribution in [3.05, 3.63) is 12.2 Å². The predicted molar refractivity (Wildman–Crippen MR) is 98.5 cm³/mol. The van der Waals surface area contributed by atoms with Gasteiger partial charge in [-0.05, 0) is 13.3 Å². The number of hydrogen-bond donors (Lipinski definition) is 0. The zero-order chi connectivity index (χ0) is 17.2. The van der Waals surface area contributed by atoms with Crippen molar-refractivity contribution >= 4 is 15.5 Å². The maximum Gasteiger partial charge on any atom is 0.330 e. The van der Waals surface area contributed by atoms with E-state index in [2.05, 4.69) is 0 Å². The number of carbonyl (C=O) groups is 1. The fraction of sp³-hybridized carbons (Fsp3) is 0.833. The van der Waals surface area contributed by atoms with Gasteiger partial charge in [-0.3, -0.25) is 0 Å². The van der Waals surface area contributed by atoms with Crippen LogP contribution in [0, 0.1) is 0 Å². The van der Waals surface area contributed by atoms with Gasteiger partial charge >= 0.3 is 5.97 Å². The van der Waals surface area contributed by atoms with Crippen molar-refractivity contribution in [2.45, 2.75) is 76.7 Å². The van der Waals surface area contributed by atoms with Gasteiger partial charge in [0.05, 0.1) is 16.1 Å². The highest BCUT2D eigenvalue weighted by Crippen LogP contribution is 2.11. The topological polar surface area (TPSA) is 44.8 Å². The van der Waals surface area contributed by atoms with Gasteiger partial charge in [0.1, 0.15) is 5.91 Å². The van der Waals surface area contributed by atoms with Crippen LogP contribution in [0.15, 0.2) is 12.2 Å². The molecule has 23 heavy (non-hydrogen) atoms. The van der Waals surface area contributed by atoms with Crippen molar-refractivity contribution in [3.63, 3.8) is 0 Å². The van der Waals surface area contributed by atoms with Crippen molar-refractivity contribution in [3.8, 4) is 0 Å². The Kier molecular flexibility index (Phi) is 17.2. The largest absolute Gasteiger partial charge is 0.463 e. The normalized spacial score (nSPS) is 12.0. The summed E-state index contributed by atoms with van der Waals surface area (Å²) < 4.78 is 15.5. The van der Waals surface area contributed by atoms with E-state index in [-0.39, 0.29) is 21.4 Å². The van der Waals surface area contributed by atoms with Crippen LogP contribution in [-0.2, 0) is 19.0 Å². The first-order valence-electron chi connectivity index (χ1n) is 9.09. The highest BCUT2D eigenvalue weighted by molar-refractivity contribution is 6.36. The molecule has 0 saturated heterocycles. The number of unbranched alkanes of at least 4 members (excludes halogenated alkanes) is 8. The van der Waals surface area contributed by atoms with Crippen molar-refractivity contribution in [2.24, 2.45) is 0 Å². The van der Waals surface area contributed by atoms with Crippen LogP contribution >= 0.6 is 0 Å². The molecule has 0 aliphatic carbocycles. The first-order chi connectivity index (χ1) is 11.2.